The molecule has 0 bridgehead atoms. The van der Waals surface area contributed by atoms with Crippen molar-refractivity contribution < 1.29 is 27.9 Å². The molecule has 1 aromatic rings. The molecule has 146 valence electrons. The molecular formula is C17H24F3N3O3. The molecular weight excluding hydrogens is 351 g/mol. The first kappa shape index (κ1) is 21.8. The Labute approximate surface area is 150 Å². The summed E-state index contributed by atoms with van der Waals surface area (Å²) >= 11 is 0. The second-order valence-corrected chi connectivity index (χ2v) is 6.02. The van der Waals surface area contributed by atoms with E-state index in [2.05, 4.69) is 10.6 Å². The van der Waals surface area contributed by atoms with Crippen LogP contribution in [0.5, 0.6) is 0 Å². The largest absolute Gasteiger partial charge is 0.490 e. The number of hydrogen-bond acceptors (Lipinski definition) is 3. The summed E-state index contributed by atoms with van der Waals surface area (Å²) in [5, 5.41) is 13.4. The van der Waals surface area contributed by atoms with Gasteiger partial charge in [0.2, 0.25) is 0 Å². The number of hydrogen-bond donors (Lipinski definition) is 3. The number of benzene rings is 1. The average molecular weight is 375 g/mol. The molecule has 1 saturated heterocycles. The number of rotatable bonds is 4. The second-order valence-electron chi connectivity index (χ2n) is 6.02. The van der Waals surface area contributed by atoms with E-state index in [0.717, 1.165) is 38.0 Å². The fraction of sp³-hybridized carbons (Fsp3) is 0.529. The molecule has 3 N–H and O–H groups in total. The first-order valence-electron chi connectivity index (χ1n) is 8.24. The highest BCUT2D eigenvalue weighted by atomic mass is 19.4. The maximum atomic E-state index is 12.0. The van der Waals surface area contributed by atoms with Crippen molar-refractivity contribution in [1.29, 1.82) is 0 Å². The Morgan fingerprint density at radius 1 is 1.23 bits per heavy atom. The normalized spacial score (nSPS) is 14.8. The lowest BCUT2D eigenvalue weighted by molar-refractivity contribution is -0.192. The van der Waals surface area contributed by atoms with Gasteiger partial charge in [0.25, 0.3) is 0 Å². The van der Waals surface area contributed by atoms with E-state index in [4.69, 9.17) is 9.90 Å². The number of carbonyl (C=O) groups is 2. The maximum absolute atomic E-state index is 12.0. The first-order chi connectivity index (χ1) is 12.2. The lowest BCUT2D eigenvalue weighted by atomic mass is 9.98. The lowest BCUT2D eigenvalue weighted by Crippen LogP contribution is -2.41. The highest BCUT2D eigenvalue weighted by Crippen LogP contribution is 2.13. The van der Waals surface area contributed by atoms with Crippen LogP contribution < -0.4 is 10.6 Å². The molecule has 26 heavy (non-hydrogen) atoms. The summed E-state index contributed by atoms with van der Waals surface area (Å²) < 4.78 is 31.7. The van der Waals surface area contributed by atoms with E-state index in [0.29, 0.717) is 12.5 Å². The quantitative estimate of drug-likeness (QED) is 0.755. The van der Waals surface area contributed by atoms with Crippen molar-refractivity contribution in [2.45, 2.75) is 25.6 Å². The van der Waals surface area contributed by atoms with Crippen LogP contribution in [-0.4, -0.2) is 54.9 Å². The van der Waals surface area contributed by atoms with Crippen LogP contribution in [0.15, 0.2) is 30.3 Å². The highest BCUT2D eigenvalue weighted by Gasteiger charge is 2.38. The standard InChI is InChI=1S/C15H23N3O.C2HF3O2/c1-18(12-14-7-9-16-10-8-14)15(19)17-11-13-5-3-2-4-6-13;3-2(4,5)1(6)7/h2-6,14,16H,7-12H2,1H3,(H,17,19);(H,6,7). The highest BCUT2D eigenvalue weighted by molar-refractivity contribution is 5.73. The molecule has 1 fully saturated rings. The topological polar surface area (TPSA) is 81.7 Å². The van der Waals surface area contributed by atoms with Gasteiger partial charge in [0.05, 0.1) is 0 Å². The van der Waals surface area contributed by atoms with Gasteiger partial charge in [-0.05, 0) is 37.4 Å². The molecule has 0 unspecified atom stereocenters. The number of nitrogens with zero attached hydrogens (tertiary/aromatic N) is 1. The van der Waals surface area contributed by atoms with Crippen LogP contribution >= 0.6 is 0 Å². The zero-order chi connectivity index (χ0) is 19.6. The first-order valence-corrected chi connectivity index (χ1v) is 8.24. The summed E-state index contributed by atoms with van der Waals surface area (Å²) in [5.74, 6) is -2.12. The minimum atomic E-state index is -5.08. The summed E-state index contributed by atoms with van der Waals surface area (Å²) in [7, 11) is 1.88. The fourth-order valence-electron chi connectivity index (χ4n) is 2.44. The van der Waals surface area contributed by atoms with Crippen molar-refractivity contribution in [3.63, 3.8) is 0 Å². The van der Waals surface area contributed by atoms with Crippen LogP contribution in [0.1, 0.15) is 18.4 Å². The number of carbonyl (C=O) groups excluding carboxylic acids is 1. The molecule has 0 radical (unpaired) electrons. The smallest absolute Gasteiger partial charge is 0.475 e. The molecule has 0 atom stereocenters. The number of nitrogens with one attached hydrogen (secondary N) is 2. The van der Waals surface area contributed by atoms with Crippen molar-refractivity contribution in [2.75, 3.05) is 26.7 Å². The van der Waals surface area contributed by atoms with Gasteiger partial charge in [-0.2, -0.15) is 13.2 Å². The van der Waals surface area contributed by atoms with Crippen LogP contribution in [0, 0.1) is 5.92 Å². The predicted octanol–water partition coefficient (Wildman–Crippen LogP) is 2.46. The monoisotopic (exact) mass is 375 g/mol. The van der Waals surface area contributed by atoms with Crippen molar-refractivity contribution >= 4 is 12.0 Å². The van der Waals surface area contributed by atoms with Gasteiger partial charge in [0.1, 0.15) is 0 Å². The summed E-state index contributed by atoms with van der Waals surface area (Å²) in [6, 6.07) is 10.0. The van der Waals surface area contributed by atoms with Gasteiger partial charge in [-0.1, -0.05) is 30.3 Å². The summed E-state index contributed by atoms with van der Waals surface area (Å²) in [5.41, 5.74) is 1.13. The Hall–Kier alpha value is -2.29. The molecule has 1 heterocycles. The van der Waals surface area contributed by atoms with E-state index >= 15 is 0 Å². The molecule has 0 saturated carbocycles. The minimum absolute atomic E-state index is 0.0161. The number of carboxylic acids is 1. The molecule has 0 aromatic heterocycles. The van der Waals surface area contributed by atoms with Crippen molar-refractivity contribution in [2.24, 2.45) is 5.92 Å². The van der Waals surface area contributed by atoms with Crippen LogP contribution in [0.4, 0.5) is 18.0 Å². The summed E-state index contributed by atoms with van der Waals surface area (Å²) in [6.45, 7) is 3.59. The van der Waals surface area contributed by atoms with Crippen molar-refractivity contribution in [3.8, 4) is 0 Å². The third kappa shape index (κ3) is 8.70. The number of alkyl halides is 3. The van der Waals surface area contributed by atoms with E-state index in [1.165, 1.54) is 0 Å². The molecule has 2 rings (SSSR count). The summed E-state index contributed by atoms with van der Waals surface area (Å²) in [6.07, 6.45) is -2.76. The zero-order valence-corrected chi connectivity index (χ0v) is 14.6. The Morgan fingerprint density at radius 3 is 2.27 bits per heavy atom. The van der Waals surface area contributed by atoms with Gasteiger partial charge < -0.3 is 20.6 Å². The van der Waals surface area contributed by atoms with Gasteiger partial charge in [-0.15, -0.1) is 0 Å². The lowest BCUT2D eigenvalue weighted by Gasteiger charge is -2.27. The van der Waals surface area contributed by atoms with E-state index < -0.39 is 12.1 Å². The zero-order valence-electron chi connectivity index (χ0n) is 14.6. The molecule has 1 aliphatic heterocycles. The molecule has 1 aliphatic rings. The van der Waals surface area contributed by atoms with Crippen molar-refractivity contribution in [3.05, 3.63) is 35.9 Å². The van der Waals surface area contributed by atoms with Crippen LogP contribution in [0.2, 0.25) is 0 Å². The van der Waals surface area contributed by atoms with Gasteiger partial charge in [-0.25, -0.2) is 9.59 Å². The third-order valence-corrected chi connectivity index (χ3v) is 3.87. The van der Waals surface area contributed by atoms with E-state index in [1.54, 1.807) is 4.90 Å². The van der Waals surface area contributed by atoms with Gasteiger partial charge in [0.15, 0.2) is 0 Å². The van der Waals surface area contributed by atoms with E-state index in [9.17, 15) is 18.0 Å². The molecule has 2 amide bonds. The summed E-state index contributed by atoms with van der Waals surface area (Å²) in [4.78, 5) is 22.7. The maximum Gasteiger partial charge on any atom is 0.490 e. The predicted molar refractivity (Wildman–Crippen MR) is 90.6 cm³/mol. The Balaban J connectivity index is 0.000000412. The Kier molecular flexibility index (Phi) is 8.91. The molecule has 0 spiro atoms. The number of carboxylic acid groups (broad SMARTS) is 1. The van der Waals surface area contributed by atoms with E-state index in [1.807, 2.05) is 37.4 Å². The number of amides is 2. The van der Waals surface area contributed by atoms with Crippen LogP contribution in [0.3, 0.4) is 0 Å². The molecule has 1 aromatic carbocycles. The fourth-order valence-corrected chi connectivity index (χ4v) is 2.44. The van der Waals surface area contributed by atoms with Gasteiger partial charge in [0, 0.05) is 20.1 Å². The van der Waals surface area contributed by atoms with Crippen LogP contribution in [-0.2, 0) is 11.3 Å². The molecule has 6 nitrogen and oxygen atoms in total. The van der Waals surface area contributed by atoms with Gasteiger partial charge >= 0.3 is 18.2 Å². The third-order valence-electron chi connectivity index (χ3n) is 3.87. The number of halogens is 3. The molecule has 0 aliphatic carbocycles. The molecule has 9 heteroatoms. The average Bonchev–Trinajstić information content (AvgIpc) is 2.61. The number of piperidine rings is 1. The number of aliphatic carboxylic acids is 1. The van der Waals surface area contributed by atoms with E-state index in [-0.39, 0.29) is 6.03 Å². The Morgan fingerprint density at radius 2 is 1.77 bits per heavy atom. The number of urea groups is 1. The second kappa shape index (κ2) is 10.6. The van der Waals surface area contributed by atoms with Crippen molar-refractivity contribution in [1.82, 2.24) is 15.5 Å². The SMILES string of the molecule is CN(CC1CCNCC1)C(=O)NCc1ccccc1.O=C(O)C(F)(F)F. The Bertz CT molecular complexity index is 561. The van der Waals surface area contributed by atoms with Crippen LogP contribution in [0.25, 0.3) is 0 Å². The minimum Gasteiger partial charge on any atom is -0.475 e. The van der Waals surface area contributed by atoms with Gasteiger partial charge in [-0.3, -0.25) is 0 Å².